The van der Waals surface area contributed by atoms with Crippen LogP contribution in [0.5, 0.6) is 17.2 Å². The van der Waals surface area contributed by atoms with Crippen LogP contribution >= 0.6 is 69.6 Å². The van der Waals surface area contributed by atoms with Crippen LogP contribution in [0.15, 0.2) is 45.6 Å². The maximum Gasteiger partial charge on any atom is 0.514 e. The molecule has 3 rings (SSSR count). The van der Waals surface area contributed by atoms with E-state index >= 15 is 0 Å². The van der Waals surface area contributed by atoms with E-state index in [0.717, 1.165) is 12.1 Å². The predicted molar refractivity (Wildman–Crippen MR) is 155 cm³/mol. The third kappa shape index (κ3) is 9.33. The summed E-state index contributed by atoms with van der Waals surface area (Å²) in [5.74, 6) is -5.97. The standard InChI is InChI=1S/C24H16Cl6N2O11/c25-23(26,27)7-39-21(37)42-13-5-11-12(6-14(13)43-22(38)40-8-24(28,29)30)41-18(16(17(11)34)20(32)36)15(19(31)35)9-1-3-10(33)4-2-9/h1-6,15,33H,7-8H2,(H2,31,35)(H2,32,36). The summed E-state index contributed by atoms with van der Waals surface area (Å²) < 4.78 is 21.1. The summed E-state index contributed by atoms with van der Waals surface area (Å²) in [7, 11) is 0. The number of fused-ring (bicyclic) bond motifs is 1. The zero-order valence-electron chi connectivity index (χ0n) is 20.9. The summed E-state index contributed by atoms with van der Waals surface area (Å²) in [6.07, 6.45) is -2.96. The molecule has 3 aromatic rings. The number of ether oxygens (including phenoxy) is 4. The fourth-order valence-corrected chi connectivity index (χ4v) is 3.77. The number of carbonyl (C=O) groups excluding carboxylic acids is 4. The van der Waals surface area contributed by atoms with Crippen molar-refractivity contribution in [2.45, 2.75) is 13.5 Å². The normalized spacial score (nSPS) is 12.3. The number of nitrogens with two attached hydrogens (primary N) is 2. The molecule has 13 nitrogen and oxygen atoms in total. The molecule has 5 N–H and O–H groups in total. The molecule has 0 saturated heterocycles. The van der Waals surface area contributed by atoms with Crippen molar-refractivity contribution in [2.24, 2.45) is 11.5 Å². The molecule has 0 spiro atoms. The summed E-state index contributed by atoms with van der Waals surface area (Å²) >= 11 is 33.3. The first kappa shape index (κ1) is 34.2. The maximum absolute atomic E-state index is 13.5. The molecule has 1 aromatic heterocycles. The molecule has 2 aromatic carbocycles. The Balaban J connectivity index is 2.22. The van der Waals surface area contributed by atoms with Crippen molar-refractivity contribution in [3.8, 4) is 17.2 Å². The van der Waals surface area contributed by atoms with Gasteiger partial charge in [0.1, 0.15) is 41.8 Å². The molecule has 0 radical (unpaired) electrons. The highest BCUT2D eigenvalue weighted by Gasteiger charge is 2.32. The highest BCUT2D eigenvalue weighted by atomic mass is 35.6. The third-order valence-electron chi connectivity index (χ3n) is 5.10. The summed E-state index contributed by atoms with van der Waals surface area (Å²) in [5.41, 5.74) is 8.84. The lowest BCUT2D eigenvalue weighted by molar-refractivity contribution is -0.118. The van der Waals surface area contributed by atoms with Crippen LogP contribution in [0, 0.1) is 0 Å². The molecule has 230 valence electrons. The fraction of sp³-hybridized carbons (Fsp3) is 0.208. The molecule has 0 aliphatic heterocycles. The van der Waals surface area contributed by atoms with Crippen molar-refractivity contribution < 1.29 is 47.6 Å². The Morgan fingerprint density at radius 1 is 0.837 bits per heavy atom. The van der Waals surface area contributed by atoms with Gasteiger partial charge in [0.2, 0.25) is 18.9 Å². The van der Waals surface area contributed by atoms with Crippen molar-refractivity contribution in [1.82, 2.24) is 0 Å². The van der Waals surface area contributed by atoms with Crippen LogP contribution in [-0.4, -0.2) is 50.0 Å². The van der Waals surface area contributed by atoms with E-state index in [9.17, 15) is 29.1 Å². The number of phenols is 1. The molecule has 2 amide bonds. The molecule has 0 aliphatic rings. The number of halogens is 6. The van der Waals surface area contributed by atoms with Gasteiger partial charge in [-0.25, -0.2) is 9.59 Å². The maximum atomic E-state index is 13.5. The summed E-state index contributed by atoms with van der Waals surface area (Å²) in [6.45, 7) is -1.53. The smallest absolute Gasteiger partial charge is 0.508 e. The number of hydrogen-bond acceptors (Lipinski definition) is 11. The van der Waals surface area contributed by atoms with E-state index in [1.165, 1.54) is 24.3 Å². The Hall–Kier alpha value is -3.33. The topological polar surface area (TPSA) is 208 Å². The quantitative estimate of drug-likeness (QED) is 0.161. The Bertz CT molecular complexity index is 1630. The molecular weight excluding hydrogens is 705 g/mol. The summed E-state index contributed by atoms with van der Waals surface area (Å²) in [6, 6.07) is 6.70. The van der Waals surface area contributed by atoms with Gasteiger partial charge in [-0.1, -0.05) is 81.7 Å². The molecule has 0 aliphatic carbocycles. The van der Waals surface area contributed by atoms with Crippen LogP contribution in [0.2, 0.25) is 0 Å². The van der Waals surface area contributed by atoms with E-state index < -0.39 is 90.1 Å². The fourth-order valence-electron chi connectivity index (χ4n) is 3.45. The average Bonchev–Trinajstić information content (AvgIpc) is 2.87. The highest BCUT2D eigenvalue weighted by Crippen LogP contribution is 2.36. The van der Waals surface area contributed by atoms with Crippen LogP contribution < -0.4 is 26.4 Å². The van der Waals surface area contributed by atoms with E-state index in [-0.39, 0.29) is 11.3 Å². The highest BCUT2D eigenvalue weighted by molar-refractivity contribution is 6.68. The van der Waals surface area contributed by atoms with Gasteiger partial charge in [-0.3, -0.25) is 14.4 Å². The monoisotopic (exact) mass is 718 g/mol. The molecule has 1 atom stereocenters. The number of alkyl halides is 6. The number of aromatic hydroxyl groups is 1. The van der Waals surface area contributed by atoms with Crippen LogP contribution in [0.4, 0.5) is 9.59 Å². The Morgan fingerprint density at radius 2 is 1.33 bits per heavy atom. The van der Waals surface area contributed by atoms with Crippen LogP contribution in [0.1, 0.15) is 27.6 Å². The Morgan fingerprint density at radius 3 is 1.77 bits per heavy atom. The minimum absolute atomic E-state index is 0.110. The average molecular weight is 721 g/mol. The molecule has 0 bridgehead atoms. The van der Waals surface area contributed by atoms with Gasteiger partial charge in [-0.15, -0.1) is 0 Å². The molecule has 0 saturated carbocycles. The lowest BCUT2D eigenvalue weighted by atomic mass is 9.91. The number of phenolic OH excluding ortho intramolecular Hbond substituents is 1. The number of primary amides is 2. The second-order valence-electron chi connectivity index (χ2n) is 8.27. The predicted octanol–water partition coefficient (Wildman–Crippen LogP) is 4.99. The second kappa shape index (κ2) is 13.5. The van der Waals surface area contributed by atoms with Crippen molar-refractivity contribution in [3.63, 3.8) is 0 Å². The van der Waals surface area contributed by atoms with E-state index in [1.807, 2.05) is 0 Å². The van der Waals surface area contributed by atoms with Gasteiger partial charge in [0, 0.05) is 6.07 Å². The van der Waals surface area contributed by atoms with Gasteiger partial charge < -0.3 is 39.9 Å². The van der Waals surface area contributed by atoms with Crippen LogP contribution in [0.25, 0.3) is 11.0 Å². The Labute approximate surface area is 270 Å². The largest absolute Gasteiger partial charge is 0.514 e. The number of hydrogen-bond donors (Lipinski definition) is 3. The molecule has 1 heterocycles. The summed E-state index contributed by atoms with van der Waals surface area (Å²) in [5, 5.41) is 9.17. The lowest BCUT2D eigenvalue weighted by Gasteiger charge is -2.18. The first-order valence-electron chi connectivity index (χ1n) is 11.2. The third-order valence-corrected chi connectivity index (χ3v) is 5.75. The molecular formula is C24H16Cl6N2O11. The van der Waals surface area contributed by atoms with Crippen molar-refractivity contribution in [1.29, 1.82) is 0 Å². The lowest BCUT2D eigenvalue weighted by Crippen LogP contribution is -2.30. The van der Waals surface area contributed by atoms with E-state index in [0.29, 0.717) is 0 Å². The van der Waals surface area contributed by atoms with Crippen LogP contribution in [0.3, 0.4) is 0 Å². The Kier molecular flexibility index (Phi) is 10.8. The molecule has 1 unspecified atom stereocenters. The number of amides is 2. The zero-order valence-corrected chi connectivity index (χ0v) is 25.4. The van der Waals surface area contributed by atoms with Gasteiger partial charge in [0.25, 0.3) is 5.91 Å². The number of carbonyl (C=O) groups is 4. The number of benzene rings is 2. The van der Waals surface area contributed by atoms with Gasteiger partial charge in [0.05, 0.1) is 5.39 Å². The van der Waals surface area contributed by atoms with Gasteiger partial charge in [-0.05, 0) is 23.8 Å². The van der Waals surface area contributed by atoms with E-state index in [2.05, 4.69) is 4.74 Å². The van der Waals surface area contributed by atoms with Crippen molar-refractivity contribution in [2.75, 3.05) is 13.2 Å². The molecule has 43 heavy (non-hydrogen) atoms. The molecule has 0 fully saturated rings. The van der Waals surface area contributed by atoms with Crippen molar-refractivity contribution in [3.05, 3.63) is 63.5 Å². The first-order valence-corrected chi connectivity index (χ1v) is 13.5. The van der Waals surface area contributed by atoms with Gasteiger partial charge in [-0.2, -0.15) is 0 Å². The minimum atomic E-state index is -2.02. The molecule has 19 heteroatoms. The minimum Gasteiger partial charge on any atom is -0.508 e. The van der Waals surface area contributed by atoms with Gasteiger partial charge >= 0.3 is 12.3 Å². The first-order chi connectivity index (χ1) is 19.9. The summed E-state index contributed by atoms with van der Waals surface area (Å²) in [4.78, 5) is 63.0. The van der Waals surface area contributed by atoms with E-state index in [1.54, 1.807) is 0 Å². The van der Waals surface area contributed by atoms with Gasteiger partial charge in [0.15, 0.2) is 11.5 Å². The van der Waals surface area contributed by atoms with Crippen LogP contribution in [-0.2, 0) is 14.3 Å². The zero-order chi connectivity index (χ0) is 32.3. The van der Waals surface area contributed by atoms with E-state index in [4.69, 9.17) is 99.7 Å². The SMILES string of the molecule is NC(=O)c1c(C(C(N)=O)c2ccc(O)cc2)oc2cc(OC(=O)OCC(Cl)(Cl)Cl)c(OC(=O)OCC(Cl)(Cl)Cl)cc2c1=O. The van der Waals surface area contributed by atoms with Crippen molar-refractivity contribution >= 4 is 105 Å². The second-order valence-corrected chi connectivity index (χ2v) is 13.3. The number of rotatable bonds is 8.